The molecule has 6 nitrogen and oxygen atoms in total. The highest BCUT2D eigenvalue weighted by atomic mass is 35.5. The van der Waals surface area contributed by atoms with Crippen LogP contribution in [-0.2, 0) is 6.42 Å². The highest BCUT2D eigenvalue weighted by Crippen LogP contribution is 2.35. The molecule has 174 valence electrons. The summed E-state index contributed by atoms with van der Waals surface area (Å²) in [7, 11) is 0. The molecule has 0 spiro atoms. The Morgan fingerprint density at radius 2 is 1.82 bits per heavy atom. The van der Waals surface area contributed by atoms with E-state index in [0.29, 0.717) is 16.9 Å². The Morgan fingerprint density at radius 1 is 1.06 bits per heavy atom. The minimum Gasteiger partial charge on any atom is -0.453 e. The van der Waals surface area contributed by atoms with Gasteiger partial charge in [0, 0.05) is 11.3 Å². The van der Waals surface area contributed by atoms with Gasteiger partial charge in [0.05, 0.1) is 28.6 Å². The number of ether oxygens (including phenoxy) is 1. The summed E-state index contributed by atoms with van der Waals surface area (Å²) in [6.07, 6.45) is 0.0144. The number of halogens is 3. The van der Waals surface area contributed by atoms with Crippen molar-refractivity contribution in [1.82, 2.24) is 15.2 Å². The molecule has 2 aromatic heterocycles. The van der Waals surface area contributed by atoms with Gasteiger partial charge in [-0.15, -0.1) is 10.2 Å². The molecule has 2 heterocycles. The fraction of sp³-hybridized carbons (Fsp3) is 0.200. The van der Waals surface area contributed by atoms with E-state index in [9.17, 15) is 0 Å². The van der Waals surface area contributed by atoms with E-state index < -0.39 is 5.82 Å². The molecule has 0 saturated carbocycles. The number of nitriles is 1. The first-order chi connectivity index (χ1) is 16.3. The molecule has 0 aliphatic carbocycles. The van der Waals surface area contributed by atoms with Crippen molar-refractivity contribution in [3.8, 4) is 29.0 Å². The van der Waals surface area contributed by atoms with E-state index in [1.165, 1.54) is 18.2 Å². The van der Waals surface area contributed by atoms with Crippen LogP contribution in [0.5, 0.6) is 11.5 Å². The molecule has 0 N–H and O–H groups in total. The first-order valence-electron chi connectivity index (χ1n) is 10.5. The first-order valence-corrected chi connectivity index (χ1v) is 11.2. The van der Waals surface area contributed by atoms with Crippen LogP contribution in [0.4, 0.5) is 4.39 Å². The lowest BCUT2D eigenvalue weighted by atomic mass is 10.1. The SMILES string of the molecule is CC.Cc1cc(C#N)cc(Oc2c(Cl)ccc(Cc3nnc(-c4ccc(C)nc4Cl)o3)c2F)c1. The van der Waals surface area contributed by atoms with E-state index in [1.54, 1.807) is 24.3 Å². The molecular weight excluding hydrogens is 478 g/mol. The Balaban J connectivity index is 0.00000158. The van der Waals surface area contributed by atoms with Gasteiger partial charge in [-0.3, -0.25) is 0 Å². The summed E-state index contributed by atoms with van der Waals surface area (Å²) in [6.45, 7) is 7.63. The third kappa shape index (κ3) is 5.71. The van der Waals surface area contributed by atoms with Crippen molar-refractivity contribution in [2.45, 2.75) is 34.1 Å². The highest BCUT2D eigenvalue weighted by Gasteiger charge is 2.19. The van der Waals surface area contributed by atoms with E-state index >= 15 is 4.39 Å². The molecule has 9 heteroatoms. The van der Waals surface area contributed by atoms with Crippen LogP contribution in [0.3, 0.4) is 0 Å². The molecule has 0 radical (unpaired) electrons. The van der Waals surface area contributed by atoms with Crippen molar-refractivity contribution in [3.63, 3.8) is 0 Å². The zero-order valence-electron chi connectivity index (χ0n) is 19.0. The van der Waals surface area contributed by atoms with Gasteiger partial charge in [-0.05, 0) is 55.8 Å². The molecule has 34 heavy (non-hydrogen) atoms. The molecule has 0 atom stereocenters. The minimum atomic E-state index is -0.660. The molecule has 0 unspecified atom stereocenters. The third-order valence-corrected chi connectivity index (χ3v) is 5.14. The standard InChI is InChI=1S/C23H15Cl2FN4O2.C2H6/c1-12-7-14(11-27)9-16(8-12)31-21-18(24)6-4-15(20(21)26)10-19-29-30-23(32-19)17-5-3-13(2)28-22(17)25;1-2/h3-9H,10H2,1-2H3;1-2H3. The summed E-state index contributed by atoms with van der Waals surface area (Å²) >= 11 is 12.3. The predicted molar refractivity (Wildman–Crippen MR) is 129 cm³/mol. The van der Waals surface area contributed by atoms with Gasteiger partial charge >= 0.3 is 0 Å². The zero-order chi connectivity index (χ0) is 24.8. The second kappa shape index (κ2) is 11.1. The van der Waals surface area contributed by atoms with Gasteiger partial charge in [0.1, 0.15) is 10.9 Å². The van der Waals surface area contributed by atoms with E-state index in [1.807, 2.05) is 33.8 Å². The van der Waals surface area contributed by atoms with E-state index in [2.05, 4.69) is 15.2 Å². The Morgan fingerprint density at radius 3 is 2.53 bits per heavy atom. The highest BCUT2D eigenvalue weighted by molar-refractivity contribution is 6.32. The van der Waals surface area contributed by atoms with Gasteiger partial charge in [0.15, 0.2) is 11.6 Å². The number of benzene rings is 2. The Labute approximate surface area is 206 Å². The maximum absolute atomic E-state index is 15.2. The monoisotopic (exact) mass is 498 g/mol. The summed E-state index contributed by atoms with van der Waals surface area (Å²) in [6, 6.07) is 13.5. The molecule has 0 saturated heterocycles. The number of hydrogen-bond donors (Lipinski definition) is 0. The molecule has 2 aromatic carbocycles. The molecule has 0 fully saturated rings. The summed E-state index contributed by atoms with van der Waals surface area (Å²) in [5.41, 5.74) is 2.69. The topological polar surface area (TPSA) is 84.8 Å². The molecule has 0 bridgehead atoms. The maximum Gasteiger partial charge on any atom is 0.250 e. The van der Waals surface area contributed by atoms with Gasteiger partial charge in [0.2, 0.25) is 5.89 Å². The average molecular weight is 499 g/mol. The van der Waals surface area contributed by atoms with Gasteiger partial charge in [-0.1, -0.05) is 43.1 Å². The van der Waals surface area contributed by atoms with Crippen LogP contribution in [0.25, 0.3) is 11.5 Å². The Kier molecular flexibility index (Phi) is 8.21. The second-order valence-corrected chi connectivity index (χ2v) is 7.83. The molecule has 0 aliphatic rings. The van der Waals surface area contributed by atoms with Crippen LogP contribution in [0, 0.1) is 31.0 Å². The smallest absolute Gasteiger partial charge is 0.250 e. The van der Waals surface area contributed by atoms with E-state index in [-0.39, 0.29) is 39.7 Å². The second-order valence-electron chi connectivity index (χ2n) is 7.07. The summed E-state index contributed by atoms with van der Waals surface area (Å²) in [5.74, 6) is -0.129. The number of rotatable bonds is 5. The lowest BCUT2D eigenvalue weighted by Gasteiger charge is -2.12. The first kappa shape index (κ1) is 25.2. The number of hydrogen-bond acceptors (Lipinski definition) is 6. The molecule has 0 aliphatic heterocycles. The summed E-state index contributed by atoms with van der Waals surface area (Å²) < 4.78 is 26.6. The van der Waals surface area contributed by atoms with Crippen molar-refractivity contribution in [2.24, 2.45) is 0 Å². The van der Waals surface area contributed by atoms with Gasteiger partial charge in [0.25, 0.3) is 5.89 Å². The summed E-state index contributed by atoms with van der Waals surface area (Å²) in [4.78, 5) is 4.16. The lowest BCUT2D eigenvalue weighted by molar-refractivity contribution is 0.436. The molecule has 0 amide bonds. The number of aryl methyl sites for hydroxylation is 2. The van der Waals surface area contributed by atoms with Crippen LogP contribution in [0.1, 0.15) is 42.1 Å². The van der Waals surface area contributed by atoms with Crippen molar-refractivity contribution in [1.29, 1.82) is 5.26 Å². The van der Waals surface area contributed by atoms with Crippen LogP contribution in [-0.4, -0.2) is 15.2 Å². The van der Waals surface area contributed by atoms with Crippen LogP contribution < -0.4 is 4.74 Å². The lowest BCUT2D eigenvalue weighted by Crippen LogP contribution is -1.98. The molecule has 4 aromatic rings. The van der Waals surface area contributed by atoms with E-state index in [4.69, 9.17) is 37.6 Å². The van der Waals surface area contributed by atoms with Crippen LogP contribution in [0.2, 0.25) is 10.2 Å². The Bertz CT molecular complexity index is 1370. The fourth-order valence-corrected chi connectivity index (χ4v) is 3.54. The van der Waals surface area contributed by atoms with E-state index in [0.717, 1.165) is 11.3 Å². The number of aromatic nitrogens is 3. The largest absolute Gasteiger partial charge is 0.453 e. The van der Waals surface area contributed by atoms with Gasteiger partial charge in [-0.25, -0.2) is 9.37 Å². The van der Waals surface area contributed by atoms with Crippen LogP contribution in [0.15, 0.2) is 46.9 Å². The fourth-order valence-electron chi connectivity index (χ4n) is 3.07. The van der Waals surface area contributed by atoms with Crippen molar-refractivity contribution in [3.05, 3.63) is 86.7 Å². The molecular formula is C25H21Cl2FN4O2. The zero-order valence-corrected chi connectivity index (χ0v) is 20.5. The van der Waals surface area contributed by atoms with Crippen molar-refractivity contribution >= 4 is 23.2 Å². The van der Waals surface area contributed by atoms with Gasteiger partial charge in [-0.2, -0.15) is 5.26 Å². The Hall–Kier alpha value is -3.47. The van der Waals surface area contributed by atoms with Gasteiger partial charge < -0.3 is 9.15 Å². The van der Waals surface area contributed by atoms with Crippen molar-refractivity contribution in [2.75, 3.05) is 0 Å². The minimum absolute atomic E-state index is 0.0144. The number of nitrogens with zero attached hydrogens (tertiary/aromatic N) is 4. The summed E-state index contributed by atoms with van der Waals surface area (Å²) in [5, 5.41) is 17.4. The van der Waals surface area contributed by atoms with Crippen molar-refractivity contribution < 1.29 is 13.5 Å². The van der Waals surface area contributed by atoms with Crippen LogP contribution >= 0.6 is 23.2 Å². The third-order valence-electron chi connectivity index (χ3n) is 4.56. The predicted octanol–water partition coefficient (Wildman–Crippen LogP) is 7.48. The molecule has 4 rings (SSSR count). The number of pyridine rings is 1. The normalized spacial score (nSPS) is 10.3. The quantitative estimate of drug-likeness (QED) is 0.265. The maximum atomic E-state index is 15.2. The average Bonchev–Trinajstić information content (AvgIpc) is 3.27.